The van der Waals surface area contributed by atoms with Crippen LogP contribution in [0.1, 0.15) is 5.56 Å². The van der Waals surface area contributed by atoms with Crippen molar-refractivity contribution in [1.29, 1.82) is 5.41 Å². The van der Waals surface area contributed by atoms with Gasteiger partial charge >= 0.3 is 0 Å². The predicted molar refractivity (Wildman–Crippen MR) is 132 cm³/mol. The van der Waals surface area contributed by atoms with Crippen LogP contribution in [0.4, 0.5) is 10.1 Å². The molecule has 3 aliphatic rings. The molecule has 2 heterocycles. The maximum Gasteiger partial charge on any atom is 0.161 e. The molecule has 1 atom stereocenters. The van der Waals surface area contributed by atoms with E-state index in [1.807, 2.05) is 42.5 Å². The number of hydrogen-bond acceptors (Lipinski definition) is 6. The highest BCUT2D eigenvalue weighted by Crippen LogP contribution is 2.48. The Morgan fingerprint density at radius 1 is 1.19 bits per heavy atom. The minimum atomic E-state index is -0.652. The van der Waals surface area contributed by atoms with Crippen molar-refractivity contribution in [2.45, 2.75) is 11.4 Å². The first kappa shape index (κ1) is 20.7. The number of thioether (sulfide) groups is 1. The van der Waals surface area contributed by atoms with Gasteiger partial charge in [0.1, 0.15) is 10.9 Å². The molecule has 0 saturated heterocycles. The summed E-state index contributed by atoms with van der Waals surface area (Å²) < 4.78 is 15.0. The second kappa shape index (κ2) is 8.40. The van der Waals surface area contributed by atoms with Crippen LogP contribution in [0.15, 0.2) is 98.3 Å². The Morgan fingerprint density at radius 3 is 2.84 bits per heavy atom. The van der Waals surface area contributed by atoms with Crippen LogP contribution in [0.2, 0.25) is 0 Å². The molecule has 0 fully saturated rings. The van der Waals surface area contributed by atoms with Gasteiger partial charge in [0.15, 0.2) is 10.7 Å². The van der Waals surface area contributed by atoms with E-state index in [4.69, 9.17) is 10.4 Å². The summed E-state index contributed by atoms with van der Waals surface area (Å²) in [5, 5.41) is 18.7. The summed E-state index contributed by atoms with van der Waals surface area (Å²) in [7, 11) is 0. The summed E-state index contributed by atoms with van der Waals surface area (Å²) in [5.41, 5.74) is 3.74. The second-order valence-electron chi connectivity index (χ2n) is 7.30. The number of nitrogens with one attached hydrogen (secondary N) is 4. The Hall–Kier alpha value is -3.17. The smallest absolute Gasteiger partial charge is 0.161 e. The zero-order valence-corrected chi connectivity index (χ0v) is 19.1. The van der Waals surface area contributed by atoms with Gasteiger partial charge in [0.05, 0.1) is 17.7 Å². The standard InChI is InChI=1S/C23H18BrFN6S/c24-16-6-7-19(18(25)9-16)30-17-8-15-12-27-13-29-23(15)20(10-17)31-22(32-23)21(26)28-11-14-4-2-1-3-5-14/h1-10,12-13,30H,11H2,(H2,26,28)(H,27,29). The maximum atomic E-state index is 14.3. The first-order valence-electron chi connectivity index (χ1n) is 9.84. The molecular formula is C23H18BrFN6S. The third-order valence-corrected chi connectivity index (χ3v) is 6.99. The van der Waals surface area contributed by atoms with Crippen molar-refractivity contribution in [3.8, 4) is 0 Å². The van der Waals surface area contributed by atoms with Gasteiger partial charge in [0.2, 0.25) is 0 Å². The van der Waals surface area contributed by atoms with Gasteiger partial charge in [-0.15, -0.1) is 0 Å². The Labute approximate surface area is 197 Å². The number of benzene rings is 2. The Kier molecular flexibility index (Phi) is 5.44. The number of amidine groups is 1. The molecule has 1 unspecified atom stereocenters. The van der Waals surface area contributed by atoms with E-state index < -0.39 is 4.87 Å². The molecule has 32 heavy (non-hydrogen) atoms. The zero-order chi connectivity index (χ0) is 22.1. The van der Waals surface area contributed by atoms with Crippen LogP contribution < -0.4 is 16.0 Å². The van der Waals surface area contributed by atoms with Crippen molar-refractivity contribution in [2.24, 2.45) is 9.98 Å². The quantitative estimate of drug-likeness (QED) is 0.341. The fourth-order valence-electron chi connectivity index (χ4n) is 3.56. The van der Waals surface area contributed by atoms with Crippen molar-refractivity contribution in [1.82, 2.24) is 10.6 Å². The minimum absolute atomic E-state index is 0.251. The van der Waals surface area contributed by atoms with Gasteiger partial charge in [-0.2, -0.15) is 0 Å². The van der Waals surface area contributed by atoms with Crippen molar-refractivity contribution in [2.75, 3.05) is 5.32 Å². The lowest BCUT2D eigenvalue weighted by atomic mass is 9.96. The molecule has 160 valence electrons. The summed E-state index contributed by atoms with van der Waals surface area (Å²) in [5.74, 6) is -0.109. The van der Waals surface area contributed by atoms with E-state index in [1.165, 1.54) is 17.8 Å². The average Bonchev–Trinajstić information content (AvgIpc) is 3.17. The fraction of sp³-hybridized carbons (Fsp3) is 0.0870. The number of allylic oxidation sites excluding steroid dienone is 1. The van der Waals surface area contributed by atoms with Gasteiger partial charge in [0.25, 0.3) is 0 Å². The molecular weight excluding hydrogens is 491 g/mol. The zero-order valence-electron chi connectivity index (χ0n) is 16.7. The van der Waals surface area contributed by atoms with Crippen molar-refractivity contribution < 1.29 is 4.39 Å². The number of aliphatic imine (C=N–C) groups is 2. The maximum absolute atomic E-state index is 14.3. The number of halogens is 2. The van der Waals surface area contributed by atoms with Crippen LogP contribution in [0.25, 0.3) is 0 Å². The van der Waals surface area contributed by atoms with E-state index >= 15 is 0 Å². The lowest BCUT2D eigenvalue weighted by Crippen LogP contribution is -2.46. The molecule has 6 nitrogen and oxygen atoms in total. The Morgan fingerprint density at radius 2 is 2.03 bits per heavy atom. The van der Waals surface area contributed by atoms with Crippen molar-refractivity contribution >= 4 is 50.6 Å². The highest BCUT2D eigenvalue weighted by atomic mass is 79.9. The monoisotopic (exact) mass is 508 g/mol. The van der Waals surface area contributed by atoms with Crippen LogP contribution in [-0.4, -0.2) is 22.1 Å². The number of hydrogen-bond donors (Lipinski definition) is 4. The molecule has 0 bridgehead atoms. The number of rotatable bonds is 5. The topological polar surface area (TPSA) is 84.7 Å². The Bertz CT molecular complexity index is 1250. The van der Waals surface area contributed by atoms with Crippen LogP contribution in [0.5, 0.6) is 0 Å². The molecule has 0 radical (unpaired) electrons. The molecule has 0 saturated carbocycles. The first-order valence-corrected chi connectivity index (χ1v) is 11.4. The van der Waals surface area contributed by atoms with Gasteiger partial charge in [-0.3, -0.25) is 5.41 Å². The van der Waals surface area contributed by atoms with Crippen LogP contribution in [0.3, 0.4) is 0 Å². The van der Waals surface area contributed by atoms with Gasteiger partial charge in [0, 0.05) is 28.5 Å². The average molecular weight is 509 g/mol. The largest absolute Gasteiger partial charge is 0.364 e. The van der Waals surface area contributed by atoms with E-state index in [0.717, 1.165) is 16.8 Å². The van der Waals surface area contributed by atoms with Crippen LogP contribution in [-0.2, 0) is 6.54 Å². The van der Waals surface area contributed by atoms with E-state index in [9.17, 15) is 4.39 Å². The molecule has 0 amide bonds. The third-order valence-electron chi connectivity index (χ3n) is 5.13. The molecule has 5 rings (SSSR count). The lowest BCUT2D eigenvalue weighted by Gasteiger charge is -2.35. The summed E-state index contributed by atoms with van der Waals surface area (Å²) in [6.45, 7) is 0.538. The highest BCUT2D eigenvalue weighted by Gasteiger charge is 2.47. The lowest BCUT2D eigenvalue weighted by molar-refractivity contribution is 0.630. The summed E-state index contributed by atoms with van der Waals surface area (Å²) >= 11 is 4.73. The second-order valence-corrected chi connectivity index (χ2v) is 9.42. The first-order chi connectivity index (χ1) is 15.5. The predicted octanol–water partition coefficient (Wildman–Crippen LogP) is 4.91. The van der Waals surface area contributed by atoms with E-state index in [0.29, 0.717) is 27.4 Å². The Balaban J connectivity index is 1.40. The fourth-order valence-corrected chi connectivity index (χ4v) is 5.05. The molecule has 9 heteroatoms. The van der Waals surface area contributed by atoms with Crippen molar-refractivity contribution in [3.63, 3.8) is 0 Å². The summed E-state index contributed by atoms with van der Waals surface area (Å²) in [6.07, 6.45) is 7.18. The van der Waals surface area contributed by atoms with Crippen LogP contribution >= 0.6 is 27.7 Å². The van der Waals surface area contributed by atoms with E-state index in [2.05, 4.69) is 36.9 Å². The molecule has 1 aliphatic carbocycles. The van der Waals surface area contributed by atoms with Crippen LogP contribution in [0, 0.1) is 11.2 Å². The van der Waals surface area contributed by atoms with E-state index in [1.54, 1.807) is 24.7 Å². The minimum Gasteiger partial charge on any atom is -0.364 e. The summed E-state index contributed by atoms with van der Waals surface area (Å²) in [4.78, 5) is 8.30. The van der Waals surface area contributed by atoms with E-state index in [-0.39, 0.29) is 11.7 Å². The third kappa shape index (κ3) is 3.89. The normalized spacial score (nSPS) is 20.7. The van der Waals surface area contributed by atoms with Gasteiger partial charge < -0.3 is 16.0 Å². The molecule has 2 aliphatic heterocycles. The number of nitrogens with zero attached hydrogens (tertiary/aromatic N) is 2. The molecule has 4 N–H and O–H groups in total. The molecule has 2 aromatic carbocycles. The molecule has 1 spiro atoms. The summed E-state index contributed by atoms with van der Waals surface area (Å²) in [6, 6.07) is 14.8. The molecule has 2 aromatic rings. The van der Waals surface area contributed by atoms with Crippen molar-refractivity contribution in [3.05, 3.63) is 99.7 Å². The SMILES string of the molecule is N=C(NCc1ccccc1)C1=NC2=CC(Nc3ccc(Br)cc3F)=CC3=CN=CNC32S1. The molecule has 0 aromatic heterocycles. The van der Waals surface area contributed by atoms with Gasteiger partial charge in [-0.05, 0) is 35.9 Å². The number of anilines is 1. The highest BCUT2D eigenvalue weighted by molar-refractivity contribution is 9.10. The van der Waals surface area contributed by atoms with Gasteiger partial charge in [-0.1, -0.05) is 58.0 Å². The van der Waals surface area contributed by atoms with Gasteiger partial charge in [-0.25, -0.2) is 14.4 Å².